The van der Waals surface area contributed by atoms with Crippen molar-refractivity contribution >= 4 is 17.4 Å². The van der Waals surface area contributed by atoms with E-state index < -0.39 is 10.6 Å². The fraction of sp³-hybridized carbons (Fsp3) is 0.316. The summed E-state index contributed by atoms with van der Waals surface area (Å²) in [5.74, 6) is 1.73. The summed E-state index contributed by atoms with van der Waals surface area (Å²) in [6, 6.07) is 9.05. The Morgan fingerprint density at radius 1 is 1.14 bits per heavy atom. The molecule has 0 unspecified atom stereocenters. The van der Waals surface area contributed by atoms with E-state index in [0.29, 0.717) is 48.1 Å². The lowest BCUT2D eigenvalue weighted by Crippen LogP contribution is -2.65. The van der Waals surface area contributed by atoms with E-state index in [1.165, 1.54) is 12.1 Å². The van der Waals surface area contributed by atoms with Gasteiger partial charge in [0.15, 0.2) is 17.2 Å². The molecule has 2 amide bonds. The zero-order valence-electron chi connectivity index (χ0n) is 15.0. The van der Waals surface area contributed by atoms with E-state index in [1.807, 2.05) is 6.92 Å². The Hall–Kier alpha value is -3.49. The molecule has 0 radical (unpaired) electrons. The number of nitro benzene ring substituents is 1. The molecule has 3 aliphatic heterocycles. The van der Waals surface area contributed by atoms with Gasteiger partial charge in [0.25, 0.3) is 5.69 Å². The van der Waals surface area contributed by atoms with Crippen molar-refractivity contribution in [3.8, 4) is 17.2 Å². The molecular weight excluding hydrogens is 366 g/mol. The van der Waals surface area contributed by atoms with Crippen molar-refractivity contribution in [2.45, 2.75) is 25.1 Å². The van der Waals surface area contributed by atoms with Gasteiger partial charge in [0.2, 0.25) is 0 Å². The Bertz CT molecular complexity index is 1010. The number of hydrogen-bond donors (Lipinski definition) is 1. The molecule has 28 heavy (non-hydrogen) atoms. The van der Waals surface area contributed by atoms with Crippen LogP contribution in [0.15, 0.2) is 36.4 Å². The molecule has 2 atom stereocenters. The van der Waals surface area contributed by atoms with Crippen molar-refractivity contribution in [2.75, 3.05) is 18.1 Å². The molecule has 0 spiro atoms. The van der Waals surface area contributed by atoms with Crippen LogP contribution in [0, 0.1) is 10.1 Å². The third-order valence-corrected chi connectivity index (χ3v) is 5.25. The summed E-state index contributed by atoms with van der Waals surface area (Å²) in [7, 11) is 0. The number of non-ortho nitro benzene ring substituents is 1. The van der Waals surface area contributed by atoms with E-state index in [0.717, 1.165) is 0 Å². The van der Waals surface area contributed by atoms with Gasteiger partial charge in [0, 0.05) is 30.2 Å². The molecule has 144 valence electrons. The number of carbonyl (C=O) groups is 1. The summed E-state index contributed by atoms with van der Waals surface area (Å²) in [5, 5.41) is 14.0. The Balaban J connectivity index is 1.55. The Labute approximate surface area is 159 Å². The van der Waals surface area contributed by atoms with Gasteiger partial charge in [-0.15, -0.1) is 0 Å². The minimum atomic E-state index is -0.945. The smallest absolute Gasteiger partial charge is 0.325 e. The number of carbonyl (C=O) groups excluding carboxylic acids is 1. The average molecular weight is 383 g/mol. The van der Waals surface area contributed by atoms with E-state index in [4.69, 9.17) is 14.2 Å². The number of ether oxygens (including phenoxy) is 3. The number of benzene rings is 2. The molecule has 3 aliphatic rings. The minimum absolute atomic E-state index is 0.0329. The third-order valence-electron chi connectivity index (χ3n) is 5.25. The van der Waals surface area contributed by atoms with E-state index in [2.05, 4.69) is 5.32 Å². The fourth-order valence-corrected chi connectivity index (χ4v) is 4.04. The molecule has 1 saturated heterocycles. The standard InChI is InChI=1S/C19H17N3O6/c1-19-10-14(13-8-12(22(24)25)3-4-15(13)28-19)20-18(23)21(19)11-2-5-16-17(9-11)27-7-6-26-16/h2-5,8-9,14H,6-7,10H2,1H3,(H,20,23)/t14-,19-/m1/s1. The maximum Gasteiger partial charge on any atom is 0.325 e. The SMILES string of the molecule is C[C@@]12C[C@@H](NC(=O)N1c1ccc3c(c1)OCCO3)c1cc([N+](=O)[O-])ccc1O2. The maximum atomic E-state index is 12.9. The first-order valence-corrected chi connectivity index (χ1v) is 8.92. The van der Waals surface area contributed by atoms with E-state index in [1.54, 1.807) is 29.2 Å². The van der Waals surface area contributed by atoms with Gasteiger partial charge < -0.3 is 19.5 Å². The maximum absolute atomic E-state index is 12.9. The molecule has 0 aliphatic carbocycles. The molecule has 5 rings (SSSR count). The van der Waals surface area contributed by atoms with Crippen LogP contribution in [-0.4, -0.2) is 29.9 Å². The fourth-order valence-electron chi connectivity index (χ4n) is 4.04. The van der Waals surface area contributed by atoms with Crippen LogP contribution >= 0.6 is 0 Å². The second-order valence-corrected chi connectivity index (χ2v) is 7.13. The number of fused-ring (bicyclic) bond motifs is 5. The van der Waals surface area contributed by atoms with Crippen LogP contribution in [0.2, 0.25) is 0 Å². The highest BCUT2D eigenvalue weighted by Crippen LogP contribution is 2.47. The summed E-state index contributed by atoms with van der Waals surface area (Å²) in [6.45, 7) is 2.77. The molecule has 2 bridgehead atoms. The number of urea groups is 1. The second kappa shape index (κ2) is 5.75. The Kier molecular flexibility index (Phi) is 3.42. The highest BCUT2D eigenvalue weighted by atomic mass is 16.6. The van der Waals surface area contributed by atoms with Crippen molar-refractivity contribution < 1.29 is 23.9 Å². The number of anilines is 1. The predicted molar refractivity (Wildman–Crippen MR) is 97.9 cm³/mol. The molecule has 2 aromatic rings. The molecule has 0 saturated carbocycles. The lowest BCUT2D eigenvalue weighted by molar-refractivity contribution is -0.385. The van der Waals surface area contributed by atoms with Crippen LogP contribution in [0.4, 0.5) is 16.2 Å². The van der Waals surface area contributed by atoms with E-state index in [-0.39, 0.29) is 17.8 Å². The highest BCUT2D eigenvalue weighted by Gasteiger charge is 2.50. The summed E-state index contributed by atoms with van der Waals surface area (Å²) in [6.07, 6.45) is 0.446. The first-order chi connectivity index (χ1) is 13.4. The molecule has 1 N–H and O–H groups in total. The van der Waals surface area contributed by atoms with E-state index >= 15 is 0 Å². The van der Waals surface area contributed by atoms with Crippen molar-refractivity contribution in [1.82, 2.24) is 5.32 Å². The van der Waals surface area contributed by atoms with E-state index in [9.17, 15) is 14.9 Å². The largest absolute Gasteiger partial charge is 0.486 e. The lowest BCUT2D eigenvalue weighted by Gasteiger charge is -2.50. The van der Waals surface area contributed by atoms with Crippen LogP contribution in [0.5, 0.6) is 17.2 Å². The predicted octanol–water partition coefficient (Wildman–Crippen LogP) is 3.14. The first kappa shape index (κ1) is 16.7. The Morgan fingerprint density at radius 2 is 1.89 bits per heavy atom. The Morgan fingerprint density at radius 3 is 2.68 bits per heavy atom. The normalized spacial score (nSPS) is 24.7. The van der Waals surface area contributed by atoms with Gasteiger partial charge in [-0.3, -0.25) is 15.0 Å². The number of nitrogens with zero attached hydrogens (tertiary/aromatic N) is 2. The van der Waals surface area contributed by atoms with Gasteiger partial charge in [-0.25, -0.2) is 4.79 Å². The van der Waals surface area contributed by atoms with Gasteiger partial charge in [-0.05, 0) is 25.1 Å². The monoisotopic (exact) mass is 383 g/mol. The van der Waals surface area contributed by atoms with Crippen LogP contribution in [0.1, 0.15) is 24.9 Å². The van der Waals surface area contributed by atoms with Crippen LogP contribution in [-0.2, 0) is 0 Å². The van der Waals surface area contributed by atoms with Crippen LogP contribution < -0.4 is 24.4 Å². The third kappa shape index (κ3) is 2.43. The number of rotatable bonds is 2. The van der Waals surface area contributed by atoms with Crippen molar-refractivity contribution in [2.24, 2.45) is 0 Å². The van der Waals surface area contributed by atoms with Crippen LogP contribution in [0.3, 0.4) is 0 Å². The molecule has 2 aromatic carbocycles. The number of nitro groups is 1. The van der Waals surface area contributed by atoms with Gasteiger partial charge in [0.05, 0.1) is 16.7 Å². The molecule has 0 aromatic heterocycles. The second-order valence-electron chi connectivity index (χ2n) is 7.13. The lowest BCUT2D eigenvalue weighted by atomic mass is 9.90. The number of hydrogen-bond acceptors (Lipinski definition) is 6. The van der Waals surface area contributed by atoms with Crippen molar-refractivity contribution in [3.05, 3.63) is 52.1 Å². The zero-order chi connectivity index (χ0) is 19.5. The summed E-state index contributed by atoms with van der Waals surface area (Å²) in [4.78, 5) is 25.1. The quantitative estimate of drug-likeness (QED) is 0.631. The number of nitrogens with one attached hydrogen (secondary N) is 1. The minimum Gasteiger partial charge on any atom is -0.486 e. The zero-order valence-corrected chi connectivity index (χ0v) is 15.0. The summed E-state index contributed by atoms with van der Waals surface area (Å²) >= 11 is 0. The van der Waals surface area contributed by atoms with Gasteiger partial charge >= 0.3 is 6.03 Å². The molecular formula is C19H17N3O6. The van der Waals surface area contributed by atoms with Crippen molar-refractivity contribution in [3.63, 3.8) is 0 Å². The molecule has 9 heteroatoms. The molecule has 9 nitrogen and oxygen atoms in total. The average Bonchev–Trinajstić information content (AvgIpc) is 2.67. The van der Waals surface area contributed by atoms with Gasteiger partial charge in [-0.1, -0.05) is 0 Å². The summed E-state index contributed by atoms with van der Waals surface area (Å²) in [5.41, 5.74) is 0.254. The van der Waals surface area contributed by atoms with Gasteiger partial charge in [-0.2, -0.15) is 0 Å². The molecule has 1 fully saturated rings. The first-order valence-electron chi connectivity index (χ1n) is 8.92. The highest BCUT2D eigenvalue weighted by molar-refractivity contribution is 5.95. The van der Waals surface area contributed by atoms with Crippen LogP contribution in [0.25, 0.3) is 0 Å². The number of amides is 2. The molecule has 3 heterocycles. The van der Waals surface area contributed by atoms with Crippen molar-refractivity contribution in [1.29, 1.82) is 0 Å². The topological polar surface area (TPSA) is 103 Å². The summed E-state index contributed by atoms with van der Waals surface area (Å²) < 4.78 is 17.4. The van der Waals surface area contributed by atoms with Gasteiger partial charge in [0.1, 0.15) is 19.0 Å².